The molecule has 4 saturated carbocycles. The Hall–Kier alpha value is -3.84. The molecule has 14 nitrogen and oxygen atoms in total. The van der Waals surface area contributed by atoms with Gasteiger partial charge in [0.25, 0.3) is 0 Å². The first-order chi connectivity index (χ1) is 36.7. The lowest BCUT2D eigenvalue weighted by atomic mass is 9.55. The molecule has 9 aliphatic rings. The molecule has 12 atom stereocenters. The van der Waals surface area contributed by atoms with Crippen LogP contribution in [0.1, 0.15) is 144 Å². The molecule has 5 aliphatic carbocycles. The van der Waals surface area contributed by atoms with Gasteiger partial charge in [-0.15, -0.1) is 0 Å². The number of aliphatic hydroxyl groups excluding tert-OH is 4. The molecule has 16 heteroatoms. The molecule has 0 aromatic heterocycles. The number of aromatic hydroxyl groups is 1. The Morgan fingerprint density at radius 3 is 2.51 bits per heavy atom. The second-order valence-electron chi connectivity index (χ2n) is 24.2. The molecule has 9 N–H and O–H groups in total. The first kappa shape index (κ1) is 55.5. The van der Waals surface area contributed by atoms with Gasteiger partial charge in [0.05, 0.1) is 36.5 Å². The van der Waals surface area contributed by atoms with Crippen LogP contribution in [-0.2, 0) is 35.2 Å². The molecular weight excluding hydrogens is 1000 g/mol. The van der Waals surface area contributed by atoms with Crippen LogP contribution < -0.4 is 30.6 Å². The van der Waals surface area contributed by atoms with Crippen LogP contribution in [0.5, 0.6) is 23.0 Å². The monoisotopic (exact) mass is 1080 g/mol. The molecule has 76 heavy (non-hydrogen) atoms. The fraction of sp³-hybridized carbons (Fsp3) is 0.700. The van der Waals surface area contributed by atoms with Crippen LogP contribution in [0.25, 0.3) is 0 Å². The molecule has 2 aromatic rings. The summed E-state index contributed by atoms with van der Waals surface area (Å²) in [5.74, 6) is 16.8. The number of Topliss-reactive ketones (excluding diaryl/α,β-unsaturated/α-hetero) is 1. The number of phenols is 1. The van der Waals surface area contributed by atoms with Crippen molar-refractivity contribution >= 4 is 33.3 Å². The number of nitrogens with one attached hydrogen (secondary N) is 2. The first-order valence-corrected chi connectivity index (χ1v) is 30.9. The first-order valence-electron chi connectivity index (χ1n) is 28.4. The number of methoxy groups -OCH3 is 1. The summed E-state index contributed by atoms with van der Waals surface area (Å²) in [5.41, 5.74) is 10.6. The predicted molar refractivity (Wildman–Crippen MR) is 297 cm³/mol. The number of guanidine groups is 1. The van der Waals surface area contributed by atoms with Gasteiger partial charge in [-0.05, 0) is 142 Å². The number of aliphatic hydroxyl groups is 4. The number of benzene rings is 2. The van der Waals surface area contributed by atoms with E-state index in [9.17, 15) is 30.3 Å². The van der Waals surface area contributed by atoms with Gasteiger partial charge in [0.1, 0.15) is 12.5 Å². The van der Waals surface area contributed by atoms with E-state index in [0.29, 0.717) is 65.4 Å². The Labute approximate surface area is 458 Å². The van der Waals surface area contributed by atoms with Gasteiger partial charge in [0.15, 0.2) is 35.8 Å². The van der Waals surface area contributed by atoms with E-state index in [1.807, 2.05) is 0 Å². The van der Waals surface area contributed by atoms with E-state index in [4.69, 9.17) is 29.7 Å². The van der Waals surface area contributed by atoms with E-state index in [2.05, 4.69) is 54.2 Å². The van der Waals surface area contributed by atoms with Gasteiger partial charge in [-0.2, -0.15) is 0 Å². The maximum atomic E-state index is 13.4. The number of nitrogens with two attached hydrogens (primary N) is 1. The van der Waals surface area contributed by atoms with E-state index >= 15 is 0 Å². The Morgan fingerprint density at radius 2 is 1.72 bits per heavy atom. The smallest absolute Gasteiger partial charge is 0.201 e. The molecule has 0 radical (unpaired) electrons. The Kier molecular flexibility index (Phi) is 17.4. The molecule has 11 rings (SSSR count). The van der Waals surface area contributed by atoms with E-state index in [1.54, 1.807) is 34.8 Å². The summed E-state index contributed by atoms with van der Waals surface area (Å²) >= 11 is 0. The summed E-state index contributed by atoms with van der Waals surface area (Å²) < 4.78 is 25.7. The summed E-state index contributed by atoms with van der Waals surface area (Å²) in [6, 6.07) is 4.81. The molecule has 4 heterocycles. The van der Waals surface area contributed by atoms with Crippen LogP contribution in [0.15, 0.2) is 23.2 Å². The van der Waals surface area contributed by atoms with Gasteiger partial charge in [0.2, 0.25) is 6.29 Å². The summed E-state index contributed by atoms with van der Waals surface area (Å²) in [6.07, 6.45) is 14.0. The van der Waals surface area contributed by atoms with Crippen molar-refractivity contribution in [3.8, 4) is 46.7 Å². The van der Waals surface area contributed by atoms with Crippen molar-refractivity contribution in [2.45, 2.75) is 178 Å². The number of phenolic OH excluding ortho intramolecular Hbond substituents is 1. The maximum Gasteiger partial charge on any atom is 0.201 e. The Bertz CT molecular complexity index is 2580. The van der Waals surface area contributed by atoms with E-state index in [-0.39, 0.29) is 97.0 Å². The van der Waals surface area contributed by atoms with Crippen molar-refractivity contribution in [2.24, 2.45) is 57.1 Å². The molecule has 0 amide bonds. The largest absolute Gasteiger partial charge is 0.504 e. The fourth-order valence-electron chi connectivity index (χ4n) is 15.3. The van der Waals surface area contributed by atoms with Crippen molar-refractivity contribution in [1.82, 2.24) is 10.6 Å². The molecule has 4 aliphatic heterocycles. The van der Waals surface area contributed by atoms with Crippen molar-refractivity contribution in [1.29, 1.82) is 0 Å². The van der Waals surface area contributed by atoms with Gasteiger partial charge < -0.3 is 55.5 Å². The summed E-state index contributed by atoms with van der Waals surface area (Å²) in [4.78, 5) is 18.5. The zero-order valence-corrected chi connectivity index (χ0v) is 46.5. The fourth-order valence-corrected chi connectivity index (χ4v) is 18.2. The maximum absolute atomic E-state index is 13.4. The summed E-state index contributed by atoms with van der Waals surface area (Å²) in [5, 5.41) is 63.5. The highest BCUT2D eigenvalue weighted by Gasteiger charge is 2.59. The van der Waals surface area contributed by atoms with Gasteiger partial charge >= 0.3 is 0 Å². The molecule has 2 aromatic carbocycles. The third-order valence-corrected chi connectivity index (χ3v) is 21.9. The lowest BCUT2D eigenvalue weighted by molar-refractivity contribution is -0.121. The average molecular weight is 1080 g/mol. The number of hydrogen-bond acceptors (Lipinski definition) is 16. The predicted octanol–water partition coefficient (Wildman–Crippen LogP) is 7.33. The minimum Gasteiger partial charge on any atom is -0.504 e. The number of ketones is 1. The Balaban J connectivity index is 1.14. The van der Waals surface area contributed by atoms with E-state index in [1.165, 1.54) is 57.4 Å². The Morgan fingerprint density at radius 1 is 0.908 bits per heavy atom. The van der Waals surface area contributed by atoms with Gasteiger partial charge in [-0.3, -0.25) is 10.1 Å². The molecular formula is C60H82N4O10S2. The van der Waals surface area contributed by atoms with Crippen LogP contribution in [0.4, 0.5) is 0 Å². The van der Waals surface area contributed by atoms with Crippen LogP contribution in [0.2, 0.25) is 0 Å². The molecule has 0 saturated heterocycles. The number of hydrogen-bond donors (Lipinski definition) is 8. The zero-order valence-electron chi connectivity index (χ0n) is 44.9. The van der Waals surface area contributed by atoms with Crippen molar-refractivity contribution < 1.29 is 49.3 Å². The lowest BCUT2D eigenvalue weighted by Gasteiger charge is -2.54. The number of aryl methyl sites for hydroxylation is 2. The van der Waals surface area contributed by atoms with Crippen molar-refractivity contribution in [2.75, 3.05) is 38.7 Å². The second-order valence-corrected chi connectivity index (χ2v) is 26.7. The van der Waals surface area contributed by atoms with Crippen LogP contribution in [-0.4, -0.2) is 112 Å². The molecule has 3 spiro atoms. The lowest BCUT2D eigenvalue weighted by Crippen LogP contribution is -2.62. The molecule has 6 bridgehead atoms. The van der Waals surface area contributed by atoms with Gasteiger partial charge in [-0.1, -0.05) is 84.1 Å². The number of aliphatic imine (C=N–C) groups is 1. The van der Waals surface area contributed by atoms with Gasteiger partial charge in [-0.25, -0.2) is 4.99 Å². The van der Waals surface area contributed by atoms with Crippen LogP contribution >= 0.6 is 21.6 Å². The third-order valence-electron chi connectivity index (χ3n) is 19.4. The topological polar surface area (TPSA) is 218 Å². The highest BCUT2D eigenvalue weighted by molar-refractivity contribution is 8.76. The number of fused-ring (bicyclic) bond motifs is 6. The van der Waals surface area contributed by atoms with Crippen LogP contribution in [0.3, 0.4) is 0 Å². The summed E-state index contributed by atoms with van der Waals surface area (Å²) in [6.45, 7) is 3.75. The minimum atomic E-state index is -1.25. The number of nitrogens with zero attached hydrogens (tertiary/aromatic N) is 1. The average Bonchev–Trinajstić information content (AvgIpc) is 3.98. The second kappa shape index (κ2) is 23.9. The normalized spacial score (nSPS) is 34.0. The minimum absolute atomic E-state index is 0.00508. The molecule has 0 unspecified atom stereocenters. The SMILES string of the molecule is CO[C@H](CO)[C@H]1CC[C@@H]2C#C[C@@H]3NC(N)=N[C@@H](C(C)C)CSSC[C@H]3[C@H]3Cc4c5cc(c(c4O[C@H]3O)OCN[C@@]23C[C@@]2(CC[C@@H]3C1)CCC1(CCCC1)C2)CC#Cc1c(ccc(O)c1OCO)CCC(=O)C[C@H](O)CC5. The highest BCUT2D eigenvalue weighted by atomic mass is 33.1. The van der Waals surface area contributed by atoms with Crippen molar-refractivity contribution in [3.05, 3.63) is 46.0 Å². The van der Waals surface area contributed by atoms with Crippen LogP contribution in [0, 0.1) is 70.0 Å². The number of carbonyl (C=O) groups excluding carboxylic acids is 1. The quantitative estimate of drug-likeness (QED) is 0.0808. The van der Waals surface area contributed by atoms with E-state index in [0.717, 1.165) is 54.5 Å². The zero-order chi connectivity index (χ0) is 53.2. The van der Waals surface area contributed by atoms with E-state index < -0.39 is 36.7 Å². The van der Waals surface area contributed by atoms with Gasteiger partial charge in [0, 0.05) is 72.3 Å². The number of ether oxygens (including phenoxy) is 4. The standard InChI is InChI=1S/C60H82N4O10S2/c1-36(2)50-31-76-75-30-48-47-28-46-38-11-16-44(68)27-43(67)15-10-37-12-18-51(69)54(73-35-66)45(37)8-6-7-40(25-38)53(55(46)74-56(47)70)72-34-62-60-33-59(24-23-58(32-59)20-4-5-21-58)22-19-42(60)26-39(52(29-65)71-3)9-13-41(60)14-17-49(48)63-57(61)64-50/h12,18,25,36,39,41-42,44,47-50,52,56,62,65-66,68-70H,4-5,7,9-11,13,15-16,19-24,26-35H2,1-3H3,(H3,61,63,64)/t39-,41+,42+,44+,47+,48-,49-,50+,52+,56+,59-,60-/m0/s1. The number of carbonyl (C=O) groups is 1. The molecule has 414 valence electrons. The summed E-state index contributed by atoms with van der Waals surface area (Å²) in [7, 11) is 5.27. The number of rotatable bonds is 6. The van der Waals surface area contributed by atoms with Crippen molar-refractivity contribution in [3.63, 3.8) is 0 Å². The molecule has 4 fully saturated rings. The third kappa shape index (κ3) is 11.6. The highest BCUT2D eigenvalue weighted by Crippen LogP contribution is 2.66.